The van der Waals surface area contributed by atoms with Crippen LogP contribution >= 0.6 is 24.8 Å². The van der Waals surface area contributed by atoms with Crippen LogP contribution in [0.5, 0.6) is 0 Å². The van der Waals surface area contributed by atoms with Gasteiger partial charge in [-0.15, -0.1) is 24.8 Å². The summed E-state index contributed by atoms with van der Waals surface area (Å²) in [5, 5.41) is 8.81. The summed E-state index contributed by atoms with van der Waals surface area (Å²) in [5.74, 6) is -1.37. The number of esters is 1. The summed E-state index contributed by atoms with van der Waals surface area (Å²) < 4.78 is 10.3. The Morgan fingerprint density at radius 2 is 2.12 bits per heavy atom. The van der Waals surface area contributed by atoms with E-state index in [0.29, 0.717) is 13.2 Å². The fourth-order valence-corrected chi connectivity index (χ4v) is 2.37. The van der Waals surface area contributed by atoms with Gasteiger partial charge in [-0.2, -0.15) is 0 Å². The predicted molar refractivity (Wildman–Crippen MR) is 92.0 cm³/mol. The molecule has 1 aromatic rings. The van der Waals surface area contributed by atoms with Gasteiger partial charge in [-0.25, -0.2) is 14.6 Å². The van der Waals surface area contributed by atoms with E-state index in [-0.39, 0.29) is 49.2 Å². The topological polar surface area (TPSA) is 89.0 Å². The molecule has 24 heavy (non-hydrogen) atoms. The highest BCUT2D eigenvalue weighted by molar-refractivity contribution is 5.86. The van der Waals surface area contributed by atoms with Gasteiger partial charge in [-0.05, 0) is 25.0 Å². The van der Waals surface area contributed by atoms with Crippen molar-refractivity contribution in [2.75, 3.05) is 26.3 Å². The molecule has 1 aliphatic rings. The van der Waals surface area contributed by atoms with Gasteiger partial charge in [0.05, 0.1) is 12.7 Å². The minimum Gasteiger partial charge on any atom is -0.477 e. The van der Waals surface area contributed by atoms with Crippen molar-refractivity contribution in [2.45, 2.75) is 26.0 Å². The van der Waals surface area contributed by atoms with Crippen molar-refractivity contribution >= 4 is 36.8 Å². The number of carboxylic acids is 1. The first-order chi connectivity index (χ1) is 10.6. The average Bonchev–Trinajstić information content (AvgIpc) is 2.93. The highest BCUT2D eigenvalue weighted by Gasteiger charge is 2.24. The molecule has 1 saturated heterocycles. The van der Waals surface area contributed by atoms with E-state index in [1.807, 2.05) is 0 Å². The maximum absolute atomic E-state index is 11.2. The number of ether oxygens (including phenoxy) is 2. The molecule has 7 nitrogen and oxygen atoms in total. The van der Waals surface area contributed by atoms with Crippen molar-refractivity contribution in [1.29, 1.82) is 0 Å². The number of pyridine rings is 1. The summed E-state index contributed by atoms with van der Waals surface area (Å²) in [6.45, 7) is 4.40. The summed E-state index contributed by atoms with van der Waals surface area (Å²) in [4.78, 5) is 28.1. The van der Waals surface area contributed by atoms with E-state index in [4.69, 9.17) is 14.6 Å². The molecular weight excluding hydrogens is 359 g/mol. The third-order valence-electron chi connectivity index (χ3n) is 3.42. The molecular formula is C15H22Cl2N2O5. The first-order valence-electron chi connectivity index (χ1n) is 7.26. The van der Waals surface area contributed by atoms with Crippen molar-refractivity contribution in [2.24, 2.45) is 0 Å². The Labute approximate surface area is 153 Å². The number of aromatic nitrogens is 1. The monoisotopic (exact) mass is 380 g/mol. The summed E-state index contributed by atoms with van der Waals surface area (Å²) in [6.07, 6.45) is 2.46. The van der Waals surface area contributed by atoms with E-state index in [0.717, 1.165) is 25.1 Å². The van der Waals surface area contributed by atoms with Crippen LogP contribution in [-0.2, 0) is 20.8 Å². The number of carboxylic acid groups (broad SMARTS) is 1. The second-order valence-corrected chi connectivity index (χ2v) is 5.12. The lowest BCUT2D eigenvalue weighted by Crippen LogP contribution is -2.25. The molecule has 1 atom stereocenters. The molecule has 1 aliphatic heterocycles. The third kappa shape index (κ3) is 7.00. The lowest BCUT2D eigenvalue weighted by atomic mass is 10.2. The maximum Gasteiger partial charge on any atom is 0.354 e. The number of hydrogen-bond acceptors (Lipinski definition) is 6. The van der Waals surface area contributed by atoms with Gasteiger partial charge in [-0.1, -0.05) is 6.07 Å². The second kappa shape index (κ2) is 11.2. The molecule has 9 heteroatoms. The number of likely N-dealkylation sites (tertiary alicyclic amines) is 1. The van der Waals surface area contributed by atoms with Gasteiger partial charge in [0, 0.05) is 25.8 Å². The average molecular weight is 381 g/mol. The molecule has 1 fully saturated rings. The smallest absolute Gasteiger partial charge is 0.354 e. The minimum atomic E-state index is -1.03. The van der Waals surface area contributed by atoms with Crippen molar-refractivity contribution < 1.29 is 24.2 Å². The molecule has 0 unspecified atom stereocenters. The van der Waals surface area contributed by atoms with Crippen LogP contribution in [0.2, 0.25) is 0 Å². The quantitative estimate of drug-likeness (QED) is 0.720. The van der Waals surface area contributed by atoms with E-state index >= 15 is 0 Å². The fourth-order valence-electron chi connectivity index (χ4n) is 2.37. The van der Waals surface area contributed by atoms with Crippen LogP contribution < -0.4 is 0 Å². The number of nitrogens with zero attached hydrogens (tertiary/aromatic N) is 2. The van der Waals surface area contributed by atoms with Crippen LogP contribution in [0.15, 0.2) is 18.3 Å². The summed E-state index contributed by atoms with van der Waals surface area (Å²) in [7, 11) is 0. The number of carbonyl (C=O) groups is 2. The van der Waals surface area contributed by atoms with Crippen LogP contribution in [-0.4, -0.2) is 59.3 Å². The highest BCUT2D eigenvalue weighted by Crippen LogP contribution is 2.16. The van der Waals surface area contributed by atoms with Gasteiger partial charge < -0.3 is 14.6 Å². The largest absolute Gasteiger partial charge is 0.477 e. The van der Waals surface area contributed by atoms with Gasteiger partial charge in [0.2, 0.25) is 0 Å². The molecule has 136 valence electrons. The predicted octanol–water partition coefficient (Wildman–Crippen LogP) is 1.78. The van der Waals surface area contributed by atoms with Crippen LogP contribution in [0.4, 0.5) is 0 Å². The van der Waals surface area contributed by atoms with E-state index in [1.54, 1.807) is 19.2 Å². The number of hydrogen-bond donors (Lipinski definition) is 1. The standard InChI is InChI=1S/C15H20N2O5.2ClH/c1-2-21-14(18)10-22-12-5-6-17(9-12)8-11-3-4-13(15(19)20)16-7-11;;/h3-4,7,12H,2,5-6,8-10H2,1H3,(H,19,20);2*1H/t12-;;/m1../s1. The number of rotatable bonds is 7. The Morgan fingerprint density at radius 3 is 2.71 bits per heavy atom. The first-order valence-corrected chi connectivity index (χ1v) is 7.26. The molecule has 1 aromatic heterocycles. The number of halogens is 2. The zero-order chi connectivity index (χ0) is 15.9. The highest BCUT2D eigenvalue weighted by atomic mass is 35.5. The van der Waals surface area contributed by atoms with E-state index in [2.05, 4.69) is 9.88 Å². The first kappa shape index (κ1) is 22.6. The van der Waals surface area contributed by atoms with Crippen LogP contribution in [0.3, 0.4) is 0 Å². The van der Waals surface area contributed by atoms with Gasteiger partial charge in [-0.3, -0.25) is 4.90 Å². The van der Waals surface area contributed by atoms with Crippen molar-refractivity contribution in [3.05, 3.63) is 29.6 Å². The van der Waals surface area contributed by atoms with Crippen molar-refractivity contribution in [3.8, 4) is 0 Å². The molecule has 0 bridgehead atoms. The Morgan fingerprint density at radius 1 is 1.38 bits per heavy atom. The molecule has 0 aliphatic carbocycles. The van der Waals surface area contributed by atoms with Crippen LogP contribution in [0.25, 0.3) is 0 Å². The van der Waals surface area contributed by atoms with Crippen molar-refractivity contribution in [3.63, 3.8) is 0 Å². The normalized spacial score (nSPS) is 16.8. The SMILES string of the molecule is CCOC(=O)CO[C@@H]1CCN(Cc2ccc(C(=O)O)nc2)C1.Cl.Cl. The van der Waals surface area contributed by atoms with Gasteiger partial charge in [0.1, 0.15) is 12.3 Å². The summed E-state index contributed by atoms with van der Waals surface area (Å²) >= 11 is 0. The summed E-state index contributed by atoms with van der Waals surface area (Å²) in [5.41, 5.74) is 0.997. The maximum atomic E-state index is 11.2. The van der Waals surface area contributed by atoms with Crippen LogP contribution in [0, 0.1) is 0 Å². The molecule has 0 saturated carbocycles. The molecule has 0 aromatic carbocycles. The lowest BCUT2D eigenvalue weighted by Gasteiger charge is -2.16. The fraction of sp³-hybridized carbons (Fsp3) is 0.533. The van der Waals surface area contributed by atoms with E-state index in [9.17, 15) is 9.59 Å². The van der Waals surface area contributed by atoms with Crippen LogP contribution in [0.1, 0.15) is 29.4 Å². The molecule has 0 radical (unpaired) electrons. The Kier molecular flexibility index (Phi) is 10.5. The van der Waals surface area contributed by atoms with Gasteiger partial charge in [0.15, 0.2) is 0 Å². The van der Waals surface area contributed by atoms with Crippen molar-refractivity contribution in [1.82, 2.24) is 9.88 Å². The zero-order valence-corrected chi connectivity index (χ0v) is 15.0. The molecule has 0 spiro atoms. The Hall–Kier alpha value is -1.41. The van der Waals surface area contributed by atoms with Gasteiger partial charge >= 0.3 is 11.9 Å². The molecule has 1 N–H and O–H groups in total. The summed E-state index contributed by atoms with van der Waals surface area (Å²) in [6, 6.07) is 3.27. The number of carbonyl (C=O) groups excluding carboxylic acids is 1. The van der Waals surface area contributed by atoms with E-state index < -0.39 is 5.97 Å². The lowest BCUT2D eigenvalue weighted by molar-refractivity contribution is -0.150. The second-order valence-electron chi connectivity index (χ2n) is 5.12. The number of aromatic carboxylic acids is 1. The molecule has 0 amide bonds. The van der Waals surface area contributed by atoms with E-state index in [1.165, 1.54) is 6.07 Å². The third-order valence-corrected chi connectivity index (χ3v) is 3.42. The zero-order valence-electron chi connectivity index (χ0n) is 13.3. The Bertz CT molecular complexity index is 527. The Balaban J connectivity index is 0.00000264. The molecule has 2 rings (SSSR count). The minimum absolute atomic E-state index is 0. The van der Waals surface area contributed by atoms with Gasteiger partial charge in [0.25, 0.3) is 0 Å². The molecule has 2 heterocycles.